The van der Waals surface area contributed by atoms with Gasteiger partial charge in [-0.25, -0.2) is 4.39 Å². The van der Waals surface area contributed by atoms with Crippen molar-refractivity contribution in [3.8, 4) is 6.07 Å². The quantitative estimate of drug-likeness (QED) is 0.604. The molecule has 1 aromatic heterocycles. The Morgan fingerprint density at radius 3 is 2.57 bits per heavy atom. The van der Waals surface area contributed by atoms with Gasteiger partial charge in [-0.05, 0) is 36.6 Å². The predicted molar refractivity (Wildman–Crippen MR) is 81.2 cm³/mol. The van der Waals surface area contributed by atoms with Gasteiger partial charge < -0.3 is 4.42 Å². The van der Waals surface area contributed by atoms with Gasteiger partial charge in [0.1, 0.15) is 5.82 Å². The van der Waals surface area contributed by atoms with Crippen molar-refractivity contribution in [1.29, 1.82) is 5.26 Å². The number of ketones is 2. The molecule has 0 aliphatic heterocycles. The summed E-state index contributed by atoms with van der Waals surface area (Å²) in [7, 11) is 0. The van der Waals surface area contributed by atoms with Crippen LogP contribution in [0.25, 0.3) is 0 Å². The number of benzene rings is 1. The van der Waals surface area contributed by atoms with Crippen LogP contribution in [0.1, 0.15) is 28.6 Å². The summed E-state index contributed by atoms with van der Waals surface area (Å²) in [5, 5.41) is 9.22. The van der Waals surface area contributed by atoms with Crippen LogP contribution in [-0.2, 0) is 11.2 Å². The largest absolute Gasteiger partial charge is 0.461 e. The lowest BCUT2D eigenvalue weighted by Gasteiger charge is -2.14. The number of hydrogen-bond acceptors (Lipinski definition) is 4. The summed E-state index contributed by atoms with van der Waals surface area (Å²) >= 11 is 0. The number of rotatable bonds is 6. The molecule has 4 nitrogen and oxygen atoms in total. The lowest BCUT2D eigenvalue weighted by Crippen LogP contribution is -2.29. The van der Waals surface area contributed by atoms with Crippen molar-refractivity contribution in [1.82, 2.24) is 0 Å². The minimum atomic E-state index is -1.44. The van der Waals surface area contributed by atoms with Crippen LogP contribution in [0.3, 0.4) is 0 Å². The van der Waals surface area contributed by atoms with E-state index in [-0.39, 0.29) is 12.2 Å². The molecular weight excluding hydrogens is 297 g/mol. The van der Waals surface area contributed by atoms with Crippen molar-refractivity contribution in [3.63, 3.8) is 0 Å². The third-order valence-electron chi connectivity index (χ3n) is 3.73. The fourth-order valence-corrected chi connectivity index (χ4v) is 2.39. The van der Waals surface area contributed by atoms with Crippen LogP contribution in [0.4, 0.5) is 4.39 Å². The highest BCUT2D eigenvalue weighted by Gasteiger charge is 2.33. The zero-order valence-electron chi connectivity index (χ0n) is 12.9. The molecule has 0 bridgehead atoms. The number of hydrogen-bond donors (Lipinski definition) is 0. The van der Waals surface area contributed by atoms with Crippen LogP contribution in [0.5, 0.6) is 0 Å². The Morgan fingerprint density at radius 1 is 1.30 bits per heavy atom. The molecule has 2 rings (SSSR count). The molecule has 0 saturated heterocycles. The fraction of sp³-hybridized carbons (Fsp3) is 0.278. The van der Waals surface area contributed by atoms with Crippen LogP contribution >= 0.6 is 0 Å². The van der Waals surface area contributed by atoms with Crippen LogP contribution in [-0.4, -0.2) is 11.6 Å². The van der Waals surface area contributed by atoms with Gasteiger partial charge in [0.2, 0.25) is 5.78 Å². The lowest BCUT2D eigenvalue weighted by molar-refractivity contribution is -0.123. The van der Waals surface area contributed by atoms with Gasteiger partial charge in [-0.1, -0.05) is 25.1 Å². The molecule has 23 heavy (non-hydrogen) atoms. The van der Waals surface area contributed by atoms with Gasteiger partial charge in [-0.2, -0.15) is 5.26 Å². The van der Waals surface area contributed by atoms with Crippen LogP contribution in [0.15, 0.2) is 41.0 Å². The number of carbonyl (C=O) groups is 2. The van der Waals surface area contributed by atoms with E-state index < -0.39 is 29.2 Å². The maximum absolute atomic E-state index is 13.7. The molecule has 0 spiro atoms. The number of furan rings is 1. The van der Waals surface area contributed by atoms with Crippen molar-refractivity contribution in [2.45, 2.75) is 20.3 Å². The molecule has 5 heteroatoms. The second-order valence-electron chi connectivity index (χ2n) is 5.46. The van der Waals surface area contributed by atoms with E-state index >= 15 is 0 Å². The molecule has 2 atom stereocenters. The SMILES string of the molecule is Cc1ccoc1C(=O)C(C#N)C(=O)C(C)Cc1ccccc1F. The standard InChI is InChI=1S/C18H16FNO3/c1-11-7-8-23-18(11)17(22)14(10-20)16(21)12(2)9-13-5-3-4-6-15(13)19/h3-8,12,14H,9H2,1-2H3. The third kappa shape index (κ3) is 3.54. The first kappa shape index (κ1) is 16.6. The molecule has 0 aliphatic rings. The van der Waals surface area contributed by atoms with Gasteiger partial charge in [-0.3, -0.25) is 9.59 Å². The minimum Gasteiger partial charge on any atom is -0.461 e. The molecular formula is C18H16FNO3. The Bertz CT molecular complexity index is 773. The van der Waals surface area contributed by atoms with Gasteiger partial charge in [0.15, 0.2) is 17.5 Å². The summed E-state index contributed by atoms with van der Waals surface area (Å²) in [6.45, 7) is 3.25. The molecule has 1 heterocycles. The van der Waals surface area contributed by atoms with E-state index in [4.69, 9.17) is 4.42 Å². The maximum atomic E-state index is 13.7. The number of nitrogens with zero attached hydrogens (tertiary/aromatic N) is 1. The van der Waals surface area contributed by atoms with Gasteiger partial charge in [-0.15, -0.1) is 0 Å². The zero-order valence-corrected chi connectivity index (χ0v) is 12.9. The highest BCUT2D eigenvalue weighted by atomic mass is 19.1. The number of aryl methyl sites for hydroxylation is 1. The highest BCUT2D eigenvalue weighted by Crippen LogP contribution is 2.20. The normalized spacial score (nSPS) is 13.1. The third-order valence-corrected chi connectivity index (χ3v) is 3.73. The first-order valence-corrected chi connectivity index (χ1v) is 7.20. The van der Waals surface area contributed by atoms with E-state index in [1.807, 2.05) is 0 Å². The predicted octanol–water partition coefficient (Wildman–Crippen LogP) is 3.50. The van der Waals surface area contributed by atoms with Crippen molar-refractivity contribution in [3.05, 3.63) is 59.3 Å². The average molecular weight is 313 g/mol. The Morgan fingerprint density at radius 2 is 2.00 bits per heavy atom. The summed E-state index contributed by atoms with van der Waals surface area (Å²) in [6, 6.07) is 9.47. The van der Waals surface area contributed by atoms with E-state index in [0.717, 1.165) is 0 Å². The molecule has 2 aromatic rings. The first-order valence-electron chi connectivity index (χ1n) is 7.20. The summed E-state index contributed by atoms with van der Waals surface area (Å²) in [4.78, 5) is 24.7. The first-order chi connectivity index (χ1) is 11.0. The Hall–Kier alpha value is -2.74. The Balaban J connectivity index is 2.17. The number of Topliss-reactive ketones (excluding diaryl/α,β-unsaturated/α-hetero) is 2. The molecule has 2 unspecified atom stereocenters. The Labute approximate surface area is 133 Å². The molecule has 1 aromatic carbocycles. The number of carbonyl (C=O) groups excluding carboxylic acids is 2. The zero-order chi connectivity index (χ0) is 17.0. The lowest BCUT2D eigenvalue weighted by atomic mass is 9.86. The van der Waals surface area contributed by atoms with E-state index in [1.54, 1.807) is 44.2 Å². The molecule has 118 valence electrons. The maximum Gasteiger partial charge on any atom is 0.222 e. The summed E-state index contributed by atoms with van der Waals surface area (Å²) < 4.78 is 18.7. The van der Waals surface area contributed by atoms with E-state index in [0.29, 0.717) is 11.1 Å². The smallest absolute Gasteiger partial charge is 0.222 e. The average Bonchev–Trinajstić information content (AvgIpc) is 2.96. The van der Waals surface area contributed by atoms with Gasteiger partial charge in [0, 0.05) is 5.92 Å². The van der Waals surface area contributed by atoms with E-state index in [1.165, 1.54) is 12.3 Å². The van der Waals surface area contributed by atoms with Crippen LogP contribution < -0.4 is 0 Å². The van der Waals surface area contributed by atoms with Crippen molar-refractivity contribution < 1.29 is 18.4 Å². The highest BCUT2D eigenvalue weighted by molar-refractivity contribution is 6.12. The van der Waals surface area contributed by atoms with E-state index in [2.05, 4.69) is 0 Å². The second kappa shape index (κ2) is 7.01. The fourth-order valence-electron chi connectivity index (χ4n) is 2.39. The topological polar surface area (TPSA) is 71.1 Å². The van der Waals surface area contributed by atoms with Gasteiger partial charge in [0.25, 0.3) is 0 Å². The Kier molecular flexibility index (Phi) is 5.07. The van der Waals surface area contributed by atoms with Gasteiger partial charge in [0.05, 0.1) is 12.3 Å². The van der Waals surface area contributed by atoms with Crippen molar-refractivity contribution in [2.24, 2.45) is 11.8 Å². The van der Waals surface area contributed by atoms with Crippen LogP contribution in [0.2, 0.25) is 0 Å². The van der Waals surface area contributed by atoms with Crippen LogP contribution in [0, 0.1) is 35.9 Å². The second-order valence-corrected chi connectivity index (χ2v) is 5.46. The summed E-state index contributed by atoms with van der Waals surface area (Å²) in [6.07, 6.45) is 1.47. The minimum absolute atomic E-state index is 0.0167. The van der Waals surface area contributed by atoms with Gasteiger partial charge >= 0.3 is 0 Å². The van der Waals surface area contributed by atoms with Crippen molar-refractivity contribution in [2.75, 3.05) is 0 Å². The molecule has 0 amide bonds. The van der Waals surface area contributed by atoms with E-state index in [9.17, 15) is 19.2 Å². The molecule has 0 radical (unpaired) electrons. The number of halogens is 1. The molecule has 0 aliphatic carbocycles. The summed E-state index contributed by atoms with van der Waals surface area (Å²) in [5.41, 5.74) is 0.955. The summed E-state index contributed by atoms with van der Waals surface area (Å²) in [5.74, 6) is -3.67. The monoisotopic (exact) mass is 313 g/mol. The number of nitriles is 1. The molecule has 0 fully saturated rings. The van der Waals surface area contributed by atoms with Crippen molar-refractivity contribution >= 4 is 11.6 Å². The molecule has 0 saturated carbocycles. The molecule has 0 N–H and O–H groups in total.